The highest BCUT2D eigenvalue weighted by atomic mass is 19.1. The van der Waals surface area contributed by atoms with Crippen LogP contribution in [0.3, 0.4) is 0 Å². The molecule has 2 aromatic rings. The van der Waals surface area contributed by atoms with Gasteiger partial charge in [-0.1, -0.05) is 0 Å². The number of H-pyrrole nitrogens is 1. The third-order valence-electron chi connectivity index (χ3n) is 1.97. The molecule has 0 fully saturated rings. The van der Waals surface area contributed by atoms with Crippen LogP contribution in [0.5, 0.6) is 0 Å². The first-order valence-electron chi connectivity index (χ1n) is 3.88. The van der Waals surface area contributed by atoms with Crippen LogP contribution in [0.4, 0.5) is 4.39 Å². The Balaban J connectivity index is 2.58. The molecule has 0 aliphatic rings. The molecule has 0 atom stereocenters. The predicted octanol–water partition coefficient (Wildman–Crippen LogP) is 1.70. The number of aromatic nitrogens is 1. The summed E-state index contributed by atoms with van der Waals surface area (Å²) in [6.45, 7) is 0.281. The number of hydrogen-bond donors (Lipinski definition) is 2. The SMILES string of the molecule is NOCc1c[nH]c2ccc(F)cc12. The van der Waals surface area contributed by atoms with Gasteiger partial charge in [0.05, 0.1) is 6.61 Å². The number of nitrogens with one attached hydrogen (secondary N) is 1. The molecular formula is C9H9FN2O. The molecule has 0 saturated heterocycles. The van der Waals surface area contributed by atoms with Crippen LogP contribution in [0.25, 0.3) is 10.9 Å². The van der Waals surface area contributed by atoms with E-state index in [0.717, 1.165) is 16.5 Å². The van der Waals surface area contributed by atoms with Gasteiger partial charge < -0.3 is 4.98 Å². The summed E-state index contributed by atoms with van der Waals surface area (Å²) in [5.74, 6) is 4.68. The topological polar surface area (TPSA) is 51.0 Å². The zero-order chi connectivity index (χ0) is 9.26. The van der Waals surface area contributed by atoms with Gasteiger partial charge in [0.15, 0.2) is 0 Å². The summed E-state index contributed by atoms with van der Waals surface area (Å²) in [6, 6.07) is 4.55. The van der Waals surface area contributed by atoms with Crippen LogP contribution in [0.1, 0.15) is 5.56 Å². The van der Waals surface area contributed by atoms with Crippen molar-refractivity contribution in [2.24, 2.45) is 5.90 Å². The smallest absolute Gasteiger partial charge is 0.123 e. The van der Waals surface area contributed by atoms with Crippen molar-refractivity contribution < 1.29 is 9.23 Å². The maximum atomic E-state index is 12.8. The summed E-state index contributed by atoms with van der Waals surface area (Å²) in [6.07, 6.45) is 1.76. The van der Waals surface area contributed by atoms with Crippen molar-refractivity contribution in [1.29, 1.82) is 0 Å². The molecule has 13 heavy (non-hydrogen) atoms. The summed E-state index contributed by atoms with van der Waals surface area (Å²) in [7, 11) is 0. The Bertz CT molecular complexity index is 424. The first-order chi connectivity index (χ1) is 6.31. The van der Waals surface area contributed by atoms with Crippen molar-refractivity contribution in [2.75, 3.05) is 0 Å². The first kappa shape index (κ1) is 8.22. The molecule has 0 saturated carbocycles. The van der Waals surface area contributed by atoms with Crippen LogP contribution in [0.2, 0.25) is 0 Å². The maximum absolute atomic E-state index is 12.8. The summed E-state index contributed by atoms with van der Waals surface area (Å²) in [4.78, 5) is 7.49. The van der Waals surface area contributed by atoms with Crippen LogP contribution in [0, 0.1) is 5.82 Å². The third kappa shape index (κ3) is 1.41. The van der Waals surface area contributed by atoms with Crippen molar-refractivity contribution in [1.82, 2.24) is 4.98 Å². The normalized spacial score (nSPS) is 10.9. The van der Waals surface area contributed by atoms with Gasteiger partial charge in [-0.3, -0.25) is 4.84 Å². The van der Waals surface area contributed by atoms with Gasteiger partial charge in [0.25, 0.3) is 0 Å². The highest BCUT2D eigenvalue weighted by molar-refractivity contribution is 5.83. The van der Waals surface area contributed by atoms with Gasteiger partial charge in [-0.15, -0.1) is 0 Å². The molecule has 2 rings (SSSR count). The van der Waals surface area contributed by atoms with Crippen LogP contribution < -0.4 is 5.90 Å². The zero-order valence-electron chi connectivity index (χ0n) is 6.88. The maximum Gasteiger partial charge on any atom is 0.123 e. The van der Waals surface area contributed by atoms with Crippen LogP contribution in [-0.4, -0.2) is 4.98 Å². The van der Waals surface area contributed by atoms with Gasteiger partial charge in [0.1, 0.15) is 5.82 Å². The van der Waals surface area contributed by atoms with E-state index in [1.54, 1.807) is 12.3 Å². The second-order valence-corrected chi connectivity index (χ2v) is 2.81. The van der Waals surface area contributed by atoms with E-state index in [4.69, 9.17) is 5.90 Å². The Morgan fingerprint density at radius 3 is 3.08 bits per heavy atom. The summed E-state index contributed by atoms with van der Waals surface area (Å²) >= 11 is 0. The zero-order valence-corrected chi connectivity index (χ0v) is 6.88. The molecule has 0 radical (unpaired) electrons. The molecule has 1 aromatic heterocycles. The molecule has 0 amide bonds. The van der Waals surface area contributed by atoms with Gasteiger partial charge in [0, 0.05) is 22.7 Å². The van der Waals surface area contributed by atoms with Crippen LogP contribution >= 0.6 is 0 Å². The summed E-state index contributed by atoms with van der Waals surface area (Å²) < 4.78 is 12.8. The Labute approximate surface area is 74.3 Å². The average molecular weight is 180 g/mol. The Hall–Kier alpha value is -1.39. The molecule has 68 valence electrons. The molecule has 0 unspecified atom stereocenters. The van der Waals surface area contributed by atoms with E-state index in [9.17, 15) is 4.39 Å². The predicted molar refractivity (Wildman–Crippen MR) is 47.2 cm³/mol. The fourth-order valence-corrected chi connectivity index (χ4v) is 1.36. The van der Waals surface area contributed by atoms with Gasteiger partial charge in [-0.2, -0.15) is 0 Å². The fraction of sp³-hybridized carbons (Fsp3) is 0.111. The standard InChI is InChI=1S/C9H9FN2O/c10-7-1-2-9-8(3-7)6(4-12-9)5-13-11/h1-4,12H,5,11H2. The largest absolute Gasteiger partial charge is 0.361 e. The lowest BCUT2D eigenvalue weighted by atomic mass is 10.2. The molecule has 0 spiro atoms. The summed E-state index contributed by atoms with van der Waals surface area (Å²) in [5, 5.41) is 0.811. The highest BCUT2D eigenvalue weighted by Crippen LogP contribution is 2.19. The van der Waals surface area contributed by atoms with Gasteiger partial charge in [0.2, 0.25) is 0 Å². The number of halogens is 1. The van der Waals surface area contributed by atoms with E-state index in [2.05, 4.69) is 9.82 Å². The molecule has 1 aromatic carbocycles. The quantitative estimate of drug-likeness (QED) is 0.691. The lowest BCUT2D eigenvalue weighted by molar-refractivity contribution is 0.125. The van der Waals surface area contributed by atoms with Crippen LogP contribution in [-0.2, 0) is 11.4 Å². The summed E-state index contributed by atoms with van der Waals surface area (Å²) in [5.41, 5.74) is 1.74. The van der Waals surface area contributed by atoms with Crippen molar-refractivity contribution in [3.63, 3.8) is 0 Å². The molecule has 4 heteroatoms. The fourth-order valence-electron chi connectivity index (χ4n) is 1.36. The number of rotatable bonds is 2. The van der Waals surface area contributed by atoms with Gasteiger partial charge in [-0.25, -0.2) is 10.3 Å². The van der Waals surface area contributed by atoms with Gasteiger partial charge >= 0.3 is 0 Å². The van der Waals surface area contributed by atoms with Crippen molar-refractivity contribution >= 4 is 10.9 Å². The molecule has 0 aliphatic heterocycles. The van der Waals surface area contributed by atoms with Crippen molar-refractivity contribution in [3.05, 3.63) is 35.8 Å². The lowest BCUT2D eigenvalue weighted by Crippen LogP contribution is -1.97. The number of nitrogens with two attached hydrogens (primary N) is 1. The monoisotopic (exact) mass is 180 g/mol. The molecule has 0 aliphatic carbocycles. The second-order valence-electron chi connectivity index (χ2n) is 2.81. The Morgan fingerprint density at radius 2 is 2.31 bits per heavy atom. The van der Waals surface area contributed by atoms with E-state index in [1.165, 1.54) is 12.1 Å². The number of hydrogen-bond acceptors (Lipinski definition) is 2. The van der Waals surface area contributed by atoms with E-state index in [1.807, 2.05) is 0 Å². The van der Waals surface area contributed by atoms with Crippen molar-refractivity contribution in [2.45, 2.75) is 6.61 Å². The van der Waals surface area contributed by atoms with E-state index in [0.29, 0.717) is 0 Å². The molecule has 0 bridgehead atoms. The molecule has 1 heterocycles. The van der Waals surface area contributed by atoms with Crippen molar-refractivity contribution in [3.8, 4) is 0 Å². The average Bonchev–Trinajstić information content (AvgIpc) is 2.49. The Kier molecular flexibility index (Phi) is 2.00. The van der Waals surface area contributed by atoms with E-state index >= 15 is 0 Å². The number of benzene rings is 1. The highest BCUT2D eigenvalue weighted by Gasteiger charge is 2.03. The van der Waals surface area contributed by atoms with E-state index < -0.39 is 0 Å². The molecule has 3 N–H and O–H groups in total. The van der Waals surface area contributed by atoms with E-state index in [-0.39, 0.29) is 12.4 Å². The molecule has 3 nitrogen and oxygen atoms in total. The number of fused-ring (bicyclic) bond motifs is 1. The number of aromatic amines is 1. The minimum Gasteiger partial charge on any atom is -0.361 e. The second kappa shape index (κ2) is 3.16. The minimum absolute atomic E-state index is 0.259. The Morgan fingerprint density at radius 1 is 1.46 bits per heavy atom. The molecular weight excluding hydrogens is 171 g/mol. The van der Waals surface area contributed by atoms with Gasteiger partial charge in [-0.05, 0) is 18.2 Å². The van der Waals surface area contributed by atoms with Crippen LogP contribution in [0.15, 0.2) is 24.4 Å². The third-order valence-corrected chi connectivity index (χ3v) is 1.97. The lowest BCUT2D eigenvalue weighted by Gasteiger charge is -1.95. The first-order valence-corrected chi connectivity index (χ1v) is 3.88. The minimum atomic E-state index is -0.259.